The van der Waals surface area contributed by atoms with Crippen LogP contribution in [0.25, 0.3) is 0 Å². The molecule has 0 aliphatic carbocycles. The third-order valence-electron chi connectivity index (χ3n) is 3.26. The second-order valence-electron chi connectivity index (χ2n) is 5.65. The highest BCUT2D eigenvalue weighted by Crippen LogP contribution is 2.24. The fourth-order valence-corrected chi connectivity index (χ4v) is 1.72. The van der Waals surface area contributed by atoms with Gasteiger partial charge >= 0.3 is 11.9 Å². The normalized spacial score (nSPS) is 16.6. The first-order valence-electron chi connectivity index (χ1n) is 6.09. The van der Waals surface area contributed by atoms with Gasteiger partial charge in [-0.2, -0.15) is 0 Å². The fraction of sp³-hybridized carbons (Fsp3) is 0.615. The van der Waals surface area contributed by atoms with Crippen molar-refractivity contribution in [2.24, 2.45) is 0 Å². The van der Waals surface area contributed by atoms with Crippen LogP contribution in [-0.4, -0.2) is 70.3 Å². The molecular weight excluding hydrogens is 266 g/mol. The van der Waals surface area contributed by atoms with Gasteiger partial charge in [0, 0.05) is 0 Å². The van der Waals surface area contributed by atoms with E-state index in [4.69, 9.17) is 10.2 Å². The monoisotopic (exact) mass is 288 g/mol. The summed E-state index contributed by atoms with van der Waals surface area (Å²) in [4.78, 5) is 33.3. The summed E-state index contributed by atoms with van der Waals surface area (Å²) in [6.07, 6.45) is 0.927. The highest BCUT2D eigenvalue weighted by Gasteiger charge is 2.48. The maximum Gasteiger partial charge on any atom is 0.307 e. The van der Waals surface area contributed by atoms with Crippen molar-refractivity contribution < 1.29 is 34.2 Å². The van der Waals surface area contributed by atoms with Crippen LogP contribution in [0.15, 0.2) is 12.2 Å². The Hall–Kier alpha value is -1.73. The van der Waals surface area contributed by atoms with Gasteiger partial charge in [-0.25, -0.2) is 0 Å². The first kappa shape index (κ1) is 18.3. The zero-order valence-electron chi connectivity index (χ0n) is 12.2. The quantitative estimate of drug-likeness (QED) is 0.424. The van der Waals surface area contributed by atoms with Gasteiger partial charge in [0.15, 0.2) is 11.4 Å². The first-order valence-corrected chi connectivity index (χ1v) is 6.09. The van der Waals surface area contributed by atoms with E-state index in [1.165, 1.54) is 0 Å². The van der Waals surface area contributed by atoms with E-state index in [1.54, 1.807) is 28.1 Å². The zero-order chi connectivity index (χ0) is 16.1. The topological polar surface area (TPSA) is 112 Å². The lowest BCUT2D eigenvalue weighted by atomic mass is 9.85. The number of carbonyl (C=O) groups is 3. The molecule has 2 atom stereocenters. The summed E-state index contributed by atoms with van der Waals surface area (Å²) in [7, 11) is 5.18. The number of carboxylic acid groups (broad SMARTS) is 2. The molecule has 114 valence electrons. The molecule has 2 unspecified atom stereocenters. The van der Waals surface area contributed by atoms with E-state index < -0.39 is 35.8 Å². The highest BCUT2D eigenvalue weighted by atomic mass is 16.4. The first-order chi connectivity index (χ1) is 8.91. The van der Waals surface area contributed by atoms with E-state index in [9.17, 15) is 19.5 Å². The van der Waals surface area contributed by atoms with E-state index in [1.807, 2.05) is 0 Å². The van der Waals surface area contributed by atoms with Crippen molar-refractivity contribution in [3.8, 4) is 0 Å². The Balaban J connectivity index is 5.33. The van der Waals surface area contributed by atoms with Crippen molar-refractivity contribution >= 4 is 17.7 Å². The Kier molecular flexibility index (Phi) is 6.05. The van der Waals surface area contributed by atoms with Gasteiger partial charge < -0.3 is 19.8 Å². The minimum atomic E-state index is -2.08. The van der Waals surface area contributed by atoms with Gasteiger partial charge in [0.25, 0.3) is 0 Å². The van der Waals surface area contributed by atoms with Crippen LogP contribution in [-0.2, 0) is 14.4 Å². The summed E-state index contributed by atoms with van der Waals surface area (Å²) in [5.74, 6) is -3.22. The molecule has 0 saturated carbocycles. The van der Waals surface area contributed by atoms with E-state index >= 15 is 0 Å². The number of likely N-dealkylation sites (N-methyl/N-ethyl adjacent to an activating group) is 1. The lowest BCUT2D eigenvalue weighted by Gasteiger charge is -2.40. The number of quaternary nitrogens is 1. The number of rotatable bonds is 8. The van der Waals surface area contributed by atoms with Crippen LogP contribution in [0, 0.1) is 0 Å². The summed E-state index contributed by atoms with van der Waals surface area (Å²) in [5.41, 5.74) is -2.08. The third-order valence-corrected chi connectivity index (χ3v) is 3.26. The van der Waals surface area contributed by atoms with E-state index in [-0.39, 0.29) is 10.9 Å². The van der Waals surface area contributed by atoms with Crippen LogP contribution >= 0.6 is 0 Å². The number of hydrogen-bond donors (Lipinski definition) is 3. The molecule has 0 aromatic rings. The van der Waals surface area contributed by atoms with Gasteiger partial charge in [-0.05, 0) is 13.0 Å². The summed E-state index contributed by atoms with van der Waals surface area (Å²) < 4.78 is 0.183. The Morgan fingerprint density at radius 2 is 1.65 bits per heavy atom. The van der Waals surface area contributed by atoms with E-state index in [0.29, 0.717) is 0 Å². The number of carbonyl (C=O) groups excluding carboxylic acids is 1. The minimum absolute atomic E-state index is 0.183. The molecule has 20 heavy (non-hydrogen) atoms. The maximum atomic E-state index is 12.1. The van der Waals surface area contributed by atoms with Crippen LogP contribution in [0.2, 0.25) is 0 Å². The zero-order valence-corrected chi connectivity index (χ0v) is 12.2. The SMILES string of the molecule is CC(C(O)(CC(=O)O)C(=O)C=CCC(=O)O)[N+](C)(C)C. The molecule has 0 aliphatic rings. The van der Waals surface area contributed by atoms with Crippen molar-refractivity contribution in [1.29, 1.82) is 0 Å². The average molecular weight is 288 g/mol. The standard InChI is InChI=1S/C13H21NO6/c1-9(14(2,3)4)13(20,8-12(18)19)10(15)6-5-7-11(16)17/h5-6,9,20H,7-8H2,1-4H3,(H-,16,17,18,19)/p+1. The molecule has 0 amide bonds. The van der Waals surface area contributed by atoms with E-state index in [2.05, 4.69) is 0 Å². The summed E-state index contributed by atoms with van der Waals surface area (Å²) >= 11 is 0. The molecule has 0 spiro atoms. The molecule has 0 fully saturated rings. The maximum absolute atomic E-state index is 12.1. The largest absolute Gasteiger partial charge is 0.481 e. The molecule has 7 nitrogen and oxygen atoms in total. The average Bonchev–Trinajstić information content (AvgIpc) is 2.24. The lowest BCUT2D eigenvalue weighted by molar-refractivity contribution is -0.900. The van der Waals surface area contributed by atoms with Crippen molar-refractivity contribution in [3.63, 3.8) is 0 Å². The van der Waals surface area contributed by atoms with Crippen LogP contribution in [0.3, 0.4) is 0 Å². The van der Waals surface area contributed by atoms with E-state index in [0.717, 1.165) is 12.2 Å². The molecule has 0 aromatic carbocycles. The number of carboxylic acids is 2. The van der Waals surface area contributed by atoms with Crippen molar-refractivity contribution in [2.45, 2.75) is 31.4 Å². The minimum Gasteiger partial charge on any atom is -0.481 e. The van der Waals surface area contributed by atoms with Crippen LogP contribution in [0.1, 0.15) is 19.8 Å². The van der Waals surface area contributed by atoms with Gasteiger partial charge in [-0.3, -0.25) is 14.4 Å². The Morgan fingerprint density at radius 3 is 2.00 bits per heavy atom. The lowest BCUT2D eigenvalue weighted by Crippen LogP contribution is -2.61. The Morgan fingerprint density at radius 1 is 1.15 bits per heavy atom. The predicted molar refractivity (Wildman–Crippen MR) is 71.1 cm³/mol. The van der Waals surface area contributed by atoms with Crippen molar-refractivity contribution in [1.82, 2.24) is 0 Å². The molecule has 0 bridgehead atoms. The Bertz CT molecular complexity index is 423. The second kappa shape index (κ2) is 6.62. The molecule has 0 radical (unpaired) electrons. The van der Waals surface area contributed by atoms with Gasteiger partial charge in [0.05, 0.1) is 34.0 Å². The molecule has 0 heterocycles. The molecule has 0 aromatic heterocycles. The van der Waals surface area contributed by atoms with Gasteiger partial charge in [0.2, 0.25) is 0 Å². The van der Waals surface area contributed by atoms with Crippen molar-refractivity contribution in [2.75, 3.05) is 21.1 Å². The number of hydrogen-bond acceptors (Lipinski definition) is 4. The molecule has 3 N–H and O–H groups in total. The smallest absolute Gasteiger partial charge is 0.307 e. The van der Waals surface area contributed by atoms with Gasteiger partial charge in [-0.15, -0.1) is 0 Å². The summed E-state index contributed by atoms with van der Waals surface area (Å²) in [5, 5.41) is 27.9. The fourth-order valence-electron chi connectivity index (χ4n) is 1.72. The van der Waals surface area contributed by atoms with Crippen LogP contribution in [0.4, 0.5) is 0 Å². The number of nitrogens with zero attached hydrogens (tertiary/aromatic N) is 1. The number of ketones is 1. The van der Waals surface area contributed by atoms with Gasteiger partial charge in [-0.1, -0.05) is 6.08 Å². The van der Waals surface area contributed by atoms with Gasteiger partial charge in [0.1, 0.15) is 6.04 Å². The molecular formula is C13H22NO6+. The summed E-state index contributed by atoms with van der Waals surface area (Å²) in [6.45, 7) is 1.58. The molecule has 0 rings (SSSR count). The number of aliphatic hydroxyl groups is 1. The molecule has 0 saturated heterocycles. The van der Waals surface area contributed by atoms with Crippen molar-refractivity contribution in [3.05, 3.63) is 12.2 Å². The predicted octanol–water partition coefficient (Wildman–Crippen LogP) is -0.113. The second-order valence-corrected chi connectivity index (χ2v) is 5.65. The van der Waals surface area contributed by atoms with Crippen LogP contribution in [0.5, 0.6) is 0 Å². The third kappa shape index (κ3) is 5.10. The molecule has 0 aliphatic heterocycles. The highest BCUT2D eigenvalue weighted by molar-refractivity contribution is 5.99. The van der Waals surface area contributed by atoms with Crippen LogP contribution < -0.4 is 0 Å². The molecule has 7 heteroatoms. The Labute approximate surface area is 117 Å². The summed E-state index contributed by atoms with van der Waals surface area (Å²) in [6, 6.07) is -0.680. The number of aliphatic carboxylic acids is 2.